The van der Waals surface area contributed by atoms with Gasteiger partial charge in [0.05, 0.1) is 10.6 Å². The molecule has 0 aliphatic rings. The first-order valence-electron chi connectivity index (χ1n) is 6.52. The third kappa shape index (κ3) is 4.08. The molecule has 1 N–H and O–H groups in total. The van der Waals surface area contributed by atoms with Gasteiger partial charge in [-0.15, -0.1) is 16.4 Å². The number of hydrogen-bond acceptors (Lipinski definition) is 5. The lowest BCUT2D eigenvalue weighted by Gasteiger charge is -2.16. The van der Waals surface area contributed by atoms with Crippen molar-refractivity contribution in [2.24, 2.45) is 0 Å². The summed E-state index contributed by atoms with van der Waals surface area (Å²) in [5.41, 5.74) is 1.16. The standard InChI is InChI=1S/C13H18BrN3S2/c1-3-5-11-13(19-17-16-11)12(15-4-2)7-10-6-9(14)8-18-10/h6,8,12,15H,3-5,7H2,1-2H3. The number of nitrogens with zero attached hydrogens (tertiary/aromatic N) is 2. The Morgan fingerprint density at radius 3 is 2.89 bits per heavy atom. The second-order valence-electron chi connectivity index (χ2n) is 4.38. The fraction of sp³-hybridized carbons (Fsp3) is 0.538. The van der Waals surface area contributed by atoms with Gasteiger partial charge in [-0.25, -0.2) is 0 Å². The molecule has 1 unspecified atom stereocenters. The summed E-state index contributed by atoms with van der Waals surface area (Å²) in [7, 11) is 0. The molecular weight excluding hydrogens is 342 g/mol. The van der Waals surface area contributed by atoms with Gasteiger partial charge in [-0.2, -0.15) is 0 Å². The van der Waals surface area contributed by atoms with Crippen molar-refractivity contribution >= 4 is 38.8 Å². The van der Waals surface area contributed by atoms with E-state index in [0.717, 1.165) is 31.5 Å². The molecule has 2 aromatic heterocycles. The molecule has 0 aromatic carbocycles. The third-order valence-electron chi connectivity index (χ3n) is 2.87. The van der Waals surface area contributed by atoms with E-state index in [1.165, 1.54) is 25.8 Å². The molecule has 0 saturated heterocycles. The zero-order valence-electron chi connectivity index (χ0n) is 11.1. The van der Waals surface area contributed by atoms with E-state index in [4.69, 9.17) is 0 Å². The minimum atomic E-state index is 0.331. The summed E-state index contributed by atoms with van der Waals surface area (Å²) >= 11 is 6.85. The van der Waals surface area contributed by atoms with Crippen molar-refractivity contribution < 1.29 is 0 Å². The van der Waals surface area contributed by atoms with Crippen LogP contribution in [0, 0.1) is 0 Å². The zero-order chi connectivity index (χ0) is 13.7. The molecule has 2 aromatic rings. The fourth-order valence-corrected chi connectivity index (χ4v) is 4.32. The Morgan fingerprint density at radius 1 is 1.42 bits per heavy atom. The van der Waals surface area contributed by atoms with Crippen molar-refractivity contribution in [1.82, 2.24) is 14.9 Å². The number of thiophene rings is 1. The zero-order valence-corrected chi connectivity index (χ0v) is 14.4. The first kappa shape index (κ1) is 15.1. The molecule has 0 radical (unpaired) electrons. The first-order chi connectivity index (χ1) is 9.24. The van der Waals surface area contributed by atoms with Crippen molar-refractivity contribution in [1.29, 1.82) is 0 Å². The van der Waals surface area contributed by atoms with Gasteiger partial charge in [0, 0.05) is 27.2 Å². The molecular formula is C13H18BrN3S2. The predicted molar refractivity (Wildman–Crippen MR) is 86.0 cm³/mol. The van der Waals surface area contributed by atoms with E-state index in [-0.39, 0.29) is 0 Å². The smallest absolute Gasteiger partial charge is 0.0803 e. The number of rotatable bonds is 7. The maximum atomic E-state index is 4.28. The largest absolute Gasteiger partial charge is 0.309 e. The van der Waals surface area contributed by atoms with Crippen LogP contribution in [-0.2, 0) is 12.8 Å². The van der Waals surface area contributed by atoms with Crippen LogP contribution >= 0.6 is 38.8 Å². The topological polar surface area (TPSA) is 37.8 Å². The van der Waals surface area contributed by atoms with Crippen molar-refractivity contribution in [3.05, 3.63) is 31.4 Å². The summed E-state index contributed by atoms with van der Waals surface area (Å²) in [5, 5.41) is 9.98. The lowest BCUT2D eigenvalue weighted by atomic mass is 10.1. The van der Waals surface area contributed by atoms with Crippen LogP contribution in [0.2, 0.25) is 0 Å². The maximum Gasteiger partial charge on any atom is 0.0803 e. The van der Waals surface area contributed by atoms with E-state index in [0.29, 0.717) is 6.04 Å². The Kier molecular flexibility index (Phi) is 5.94. The van der Waals surface area contributed by atoms with Crippen LogP contribution in [0.5, 0.6) is 0 Å². The minimum absolute atomic E-state index is 0.331. The van der Waals surface area contributed by atoms with Crippen LogP contribution in [0.15, 0.2) is 15.9 Å². The number of likely N-dealkylation sites (N-methyl/N-ethyl adjacent to an activating group) is 1. The highest BCUT2D eigenvalue weighted by Gasteiger charge is 2.19. The second-order valence-corrected chi connectivity index (χ2v) is 7.08. The summed E-state index contributed by atoms with van der Waals surface area (Å²) in [6.45, 7) is 5.29. The summed E-state index contributed by atoms with van der Waals surface area (Å²) in [6, 6.07) is 2.53. The van der Waals surface area contributed by atoms with Crippen LogP contribution in [0.4, 0.5) is 0 Å². The predicted octanol–water partition coefficient (Wildman–Crippen LogP) is 4.21. The molecule has 6 heteroatoms. The van der Waals surface area contributed by atoms with E-state index in [1.54, 1.807) is 11.3 Å². The van der Waals surface area contributed by atoms with Gasteiger partial charge < -0.3 is 5.32 Å². The number of hydrogen-bond donors (Lipinski definition) is 1. The van der Waals surface area contributed by atoms with E-state index in [2.05, 4.69) is 56.1 Å². The molecule has 0 aliphatic carbocycles. The van der Waals surface area contributed by atoms with Crippen molar-refractivity contribution in [2.75, 3.05) is 6.54 Å². The van der Waals surface area contributed by atoms with E-state index in [9.17, 15) is 0 Å². The molecule has 0 fully saturated rings. The molecule has 104 valence electrons. The lowest BCUT2D eigenvalue weighted by molar-refractivity contribution is 0.555. The number of nitrogens with one attached hydrogen (secondary N) is 1. The Balaban J connectivity index is 2.16. The molecule has 19 heavy (non-hydrogen) atoms. The quantitative estimate of drug-likeness (QED) is 0.804. The first-order valence-corrected chi connectivity index (χ1v) is 8.96. The average Bonchev–Trinajstić information content (AvgIpc) is 2.99. The molecule has 0 aliphatic heterocycles. The molecule has 0 amide bonds. The summed E-state index contributed by atoms with van der Waals surface area (Å²) < 4.78 is 5.30. The highest BCUT2D eigenvalue weighted by Crippen LogP contribution is 2.28. The number of aryl methyl sites for hydroxylation is 1. The van der Waals surface area contributed by atoms with Crippen molar-refractivity contribution in [3.63, 3.8) is 0 Å². The van der Waals surface area contributed by atoms with E-state index < -0.39 is 0 Å². The van der Waals surface area contributed by atoms with Crippen molar-refractivity contribution in [2.45, 2.75) is 39.2 Å². The van der Waals surface area contributed by atoms with E-state index >= 15 is 0 Å². The van der Waals surface area contributed by atoms with Gasteiger partial charge in [-0.05, 0) is 46.5 Å². The second kappa shape index (κ2) is 7.47. The molecule has 1 atom stereocenters. The van der Waals surface area contributed by atoms with Crippen LogP contribution in [0.3, 0.4) is 0 Å². The van der Waals surface area contributed by atoms with Crippen LogP contribution in [0.25, 0.3) is 0 Å². The summed E-state index contributed by atoms with van der Waals surface area (Å²) in [5.74, 6) is 0. The Labute approximate surface area is 130 Å². The van der Waals surface area contributed by atoms with Crippen LogP contribution in [0.1, 0.15) is 41.8 Å². The highest BCUT2D eigenvalue weighted by atomic mass is 79.9. The van der Waals surface area contributed by atoms with Gasteiger partial charge in [-0.3, -0.25) is 0 Å². The Morgan fingerprint density at radius 2 is 2.26 bits per heavy atom. The van der Waals surface area contributed by atoms with Gasteiger partial charge in [0.25, 0.3) is 0 Å². The highest BCUT2D eigenvalue weighted by molar-refractivity contribution is 9.10. The summed E-state index contributed by atoms with van der Waals surface area (Å²) in [6.07, 6.45) is 3.13. The monoisotopic (exact) mass is 359 g/mol. The Hall–Kier alpha value is -0.300. The number of aromatic nitrogens is 2. The van der Waals surface area contributed by atoms with Gasteiger partial charge >= 0.3 is 0 Å². The normalized spacial score (nSPS) is 12.8. The van der Waals surface area contributed by atoms with Crippen LogP contribution < -0.4 is 5.32 Å². The van der Waals surface area contributed by atoms with E-state index in [1.807, 2.05) is 0 Å². The van der Waals surface area contributed by atoms with Gasteiger partial charge in [0.15, 0.2) is 0 Å². The molecule has 0 spiro atoms. The molecule has 0 bridgehead atoms. The van der Waals surface area contributed by atoms with Crippen LogP contribution in [-0.4, -0.2) is 16.1 Å². The summed E-state index contributed by atoms with van der Waals surface area (Å²) in [4.78, 5) is 2.68. The molecule has 3 nitrogen and oxygen atoms in total. The van der Waals surface area contributed by atoms with Gasteiger partial charge in [0.1, 0.15) is 0 Å². The molecule has 2 heterocycles. The van der Waals surface area contributed by atoms with Gasteiger partial charge in [0.2, 0.25) is 0 Å². The third-order valence-corrected chi connectivity index (χ3v) is 5.47. The minimum Gasteiger partial charge on any atom is -0.309 e. The Bertz CT molecular complexity index is 509. The molecule has 2 rings (SSSR count). The fourth-order valence-electron chi connectivity index (χ4n) is 2.06. The lowest BCUT2D eigenvalue weighted by Crippen LogP contribution is -2.22. The van der Waals surface area contributed by atoms with Gasteiger partial charge in [-0.1, -0.05) is 24.8 Å². The number of halogens is 1. The maximum absolute atomic E-state index is 4.28. The van der Waals surface area contributed by atoms with Crippen molar-refractivity contribution in [3.8, 4) is 0 Å². The average molecular weight is 360 g/mol. The molecule has 0 saturated carbocycles. The SMILES string of the molecule is CCCc1nnsc1C(Cc1cc(Br)cs1)NCC.